The molecule has 1 heteroatoms. The molecule has 2 saturated carbocycles. The van der Waals surface area contributed by atoms with Crippen LogP contribution >= 0.6 is 0 Å². The van der Waals surface area contributed by atoms with Crippen molar-refractivity contribution in [2.45, 2.75) is 77.3 Å². The predicted octanol–water partition coefficient (Wildman–Crippen LogP) is 5.15. The molecule has 0 radical (unpaired) electrons. The van der Waals surface area contributed by atoms with Crippen molar-refractivity contribution in [2.75, 3.05) is 0 Å². The van der Waals surface area contributed by atoms with E-state index in [1.807, 2.05) is 0 Å². The Balaban J connectivity index is 1.56. The normalized spacial score (nSPS) is 24.1. The first-order valence-electron chi connectivity index (χ1n) is 8.50. The molecule has 0 aliphatic heterocycles. The molecule has 1 aromatic rings. The van der Waals surface area contributed by atoms with Crippen molar-refractivity contribution in [3.63, 3.8) is 0 Å². The highest BCUT2D eigenvalue weighted by Crippen LogP contribution is 2.49. The molecule has 1 nitrogen and oxygen atoms in total. The van der Waals surface area contributed by atoms with E-state index in [4.69, 9.17) is 0 Å². The van der Waals surface area contributed by atoms with Gasteiger partial charge in [-0.2, -0.15) is 0 Å². The van der Waals surface area contributed by atoms with Crippen molar-refractivity contribution in [3.05, 3.63) is 35.4 Å². The van der Waals surface area contributed by atoms with Crippen LogP contribution in [0, 0.1) is 12.3 Å². The predicted molar refractivity (Wildman–Crippen MR) is 85.9 cm³/mol. The van der Waals surface area contributed by atoms with Gasteiger partial charge >= 0.3 is 0 Å². The van der Waals surface area contributed by atoms with Crippen LogP contribution in [0.5, 0.6) is 0 Å². The van der Waals surface area contributed by atoms with Gasteiger partial charge in [0.05, 0.1) is 0 Å². The monoisotopic (exact) mass is 271 g/mol. The molecule has 2 aliphatic rings. The van der Waals surface area contributed by atoms with Crippen LogP contribution in [0.15, 0.2) is 24.3 Å². The SMILES string of the molecule is Cc1ccccc1C(C)NC1CCC2(CCCC2)CC1. The zero-order chi connectivity index (χ0) is 14.0. The summed E-state index contributed by atoms with van der Waals surface area (Å²) in [5, 5.41) is 3.88. The van der Waals surface area contributed by atoms with Crippen LogP contribution in [0.4, 0.5) is 0 Å². The lowest BCUT2D eigenvalue weighted by atomic mass is 9.71. The van der Waals surface area contributed by atoms with Gasteiger partial charge in [0.1, 0.15) is 0 Å². The first-order valence-corrected chi connectivity index (χ1v) is 8.50. The molecule has 3 rings (SSSR count). The Morgan fingerprint density at radius 2 is 1.70 bits per heavy atom. The molecule has 0 bridgehead atoms. The van der Waals surface area contributed by atoms with Crippen LogP contribution in [0.25, 0.3) is 0 Å². The molecular formula is C19H29N. The summed E-state index contributed by atoms with van der Waals surface area (Å²) in [6.07, 6.45) is 11.7. The van der Waals surface area contributed by atoms with Gasteiger partial charge in [0, 0.05) is 12.1 Å². The third kappa shape index (κ3) is 2.93. The fourth-order valence-corrected chi connectivity index (χ4v) is 4.54. The molecule has 1 aromatic carbocycles. The Bertz CT molecular complexity index is 435. The van der Waals surface area contributed by atoms with Crippen molar-refractivity contribution in [3.8, 4) is 0 Å². The topological polar surface area (TPSA) is 12.0 Å². The highest BCUT2D eigenvalue weighted by atomic mass is 14.9. The van der Waals surface area contributed by atoms with Gasteiger partial charge < -0.3 is 5.32 Å². The first kappa shape index (κ1) is 14.1. The Morgan fingerprint density at radius 1 is 1.05 bits per heavy atom. The molecule has 0 heterocycles. The summed E-state index contributed by atoms with van der Waals surface area (Å²) in [4.78, 5) is 0. The molecule has 20 heavy (non-hydrogen) atoms. The maximum Gasteiger partial charge on any atom is 0.0296 e. The van der Waals surface area contributed by atoms with E-state index in [0.717, 1.165) is 11.5 Å². The molecule has 110 valence electrons. The molecule has 0 amide bonds. The molecule has 1 unspecified atom stereocenters. The van der Waals surface area contributed by atoms with Crippen molar-refractivity contribution < 1.29 is 0 Å². The minimum atomic E-state index is 0.485. The molecule has 1 spiro atoms. The Hall–Kier alpha value is -0.820. The van der Waals surface area contributed by atoms with Crippen LogP contribution in [0.1, 0.15) is 75.5 Å². The third-order valence-corrected chi connectivity index (χ3v) is 5.85. The fourth-order valence-electron chi connectivity index (χ4n) is 4.54. The zero-order valence-electron chi connectivity index (χ0n) is 13.1. The van der Waals surface area contributed by atoms with Gasteiger partial charge in [0.2, 0.25) is 0 Å². The van der Waals surface area contributed by atoms with E-state index in [2.05, 4.69) is 43.4 Å². The fraction of sp³-hybridized carbons (Fsp3) is 0.684. The van der Waals surface area contributed by atoms with Gasteiger partial charge in [-0.25, -0.2) is 0 Å². The van der Waals surface area contributed by atoms with Crippen LogP contribution in [0.3, 0.4) is 0 Å². The van der Waals surface area contributed by atoms with E-state index in [1.54, 1.807) is 0 Å². The highest BCUT2D eigenvalue weighted by Gasteiger charge is 2.37. The lowest BCUT2D eigenvalue weighted by molar-refractivity contribution is 0.164. The Labute approximate surface area is 124 Å². The summed E-state index contributed by atoms with van der Waals surface area (Å²) >= 11 is 0. The van der Waals surface area contributed by atoms with Crippen LogP contribution < -0.4 is 5.32 Å². The lowest BCUT2D eigenvalue weighted by Crippen LogP contribution is -2.38. The minimum Gasteiger partial charge on any atom is -0.307 e. The van der Waals surface area contributed by atoms with Crippen molar-refractivity contribution in [2.24, 2.45) is 5.41 Å². The highest BCUT2D eigenvalue weighted by molar-refractivity contribution is 5.28. The van der Waals surface area contributed by atoms with E-state index < -0.39 is 0 Å². The largest absolute Gasteiger partial charge is 0.307 e. The first-order chi connectivity index (χ1) is 9.69. The van der Waals surface area contributed by atoms with Gasteiger partial charge in [-0.1, -0.05) is 37.1 Å². The Morgan fingerprint density at radius 3 is 2.35 bits per heavy atom. The summed E-state index contributed by atoms with van der Waals surface area (Å²) < 4.78 is 0. The summed E-state index contributed by atoms with van der Waals surface area (Å²) in [5.74, 6) is 0. The smallest absolute Gasteiger partial charge is 0.0296 e. The molecule has 1 N–H and O–H groups in total. The second-order valence-corrected chi connectivity index (χ2v) is 7.23. The summed E-state index contributed by atoms with van der Waals surface area (Å²) in [6.45, 7) is 4.55. The number of rotatable bonds is 3. The average molecular weight is 271 g/mol. The molecule has 2 fully saturated rings. The lowest BCUT2D eigenvalue weighted by Gasteiger charge is -2.38. The van der Waals surface area contributed by atoms with E-state index in [0.29, 0.717) is 6.04 Å². The van der Waals surface area contributed by atoms with E-state index in [-0.39, 0.29) is 0 Å². The van der Waals surface area contributed by atoms with Crippen LogP contribution in [-0.2, 0) is 0 Å². The van der Waals surface area contributed by atoms with Crippen molar-refractivity contribution in [1.82, 2.24) is 5.32 Å². The minimum absolute atomic E-state index is 0.485. The number of hydrogen-bond acceptors (Lipinski definition) is 1. The standard InChI is InChI=1S/C19H29N/c1-15-7-3-4-8-18(15)16(2)20-17-9-13-19(14-10-17)11-5-6-12-19/h3-4,7-8,16-17,20H,5-6,9-14H2,1-2H3. The zero-order valence-corrected chi connectivity index (χ0v) is 13.1. The van der Waals surface area contributed by atoms with Crippen molar-refractivity contribution in [1.29, 1.82) is 0 Å². The molecule has 0 aromatic heterocycles. The van der Waals surface area contributed by atoms with Gasteiger partial charge in [0.25, 0.3) is 0 Å². The maximum atomic E-state index is 3.88. The van der Waals surface area contributed by atoms with E-state index in [9.17, 15) is 0 Å². The number of hydrogen-bond donors (Lipinski definition) is 1. The third-order valence-electron chi connectivity index (χ3n) is 5.85. The molecular weight excluding hydrogens is 242 g/mol. The summed E-state index contributed by atoms with van der Waals surface area (Å²) in [7, 11) is 0. The van der Waals surface area contributed by atoms with E-state index >= 15 is 0 Å². The maximum absolute atomic E-state index is 3.88. The Kier molecular flexibility index (Phi) is 4.16. The van der Waals surface area contributed by atoms with Crippen LogP contribution in [-0.4, -0.2) is 6.04 Å². The molecule has 2 aliphatic carbocycles. The average Bonchev–Trinajstić information content (AvgIpc) is 2.90. The number of nitrogens with one attached hydrogen (secondary N) is 1. The van der Waals surface area contributed by atoms with Gasteiger partial charge in [-0.05, 0) is 68.9 Å². The van der Waals surface area contributed by atoms with E-state index in [1.165, 1.54) is 62.5 Å². The van der Waals surface area contributed by atoms with Gasteiger partial charge in [-0.3, -0.25) is 0 Å². The summed E-state index contributed by atoms with van der Waals surface area (Å²) in [5.41, 5.74) is 3.63. The second kappa shape index (κ2) is 5.89. The van der Waals surface area contributed by atoms with Gasteiger partial charge in [0.15, 0.2) is 0 Å². The second-order valence-electron chi connectivity index (χ2n) is 7.23. The number of aryl methyl sites for hydroxylation is 1. The summed E-state index contributed by atoms with van der Waals surface area (Å²) in [6, 6.07) is 10.0. The van der Waals surface area contributed by atoms with Crippen LogP contribution in [0.2, 0.25) is 0 Å². The van der Waals surface area contributed by atoms with Gasteiger partial charge in [-0.15, -0.1) is 0 Å². The number of benzene rings is 1. The molecule has 1 atom stereocenters. The van der Waals surface area contributed by atoms with Crippen molar-refractivity contribution >= 4 is 0 Å². The quantitative estimate of drug-likeness (QED) is 0.801. The molecule has 0 saturated heterocycles.